The molecule has 1 aliphatic heterocycles. The summed E-state index contributed by atoms with van der Waals surface area (Å²) < 4.78 is 37.3. The summed E-state index contributed by atoms with van der Waals surface area (Å²) >= 11 is 0. The Bertz CT molecular complexity index is 588. The van der Waals surface area contributed by atoms with Crippen LogP contribution in [0.3, 0.4) is 0 Å². The van der Waals surface area contributed by atoms with E-state index in [1.165, 1.54) is 23.5 Å². The van der Waals surface area contributed by atoms with Crippen LogP contribution in [0.15, 0.2) is 23.1 Å². The van der Waals surface area contributed by atoms with Crippen molar-refractivity contribution < 1.29 is 17.9 Å². The summed E-state index contributed by atoms with van der Waals surface area (Å²) in [4.78, 5) is 0.121. The summed E-state index contributed by atoms with van der Waals surface area (Å²) in [5.74, 6) is 0.253. The third-order valence-electron chi connectivity index (χ3n) is 3.65. The highest BCUT2D eigenvalue weighted by Gasteiger charge is 2.36. The molecular weight excluding hydrogens is 280 g/mol. The summed E-state index contributed by atoms with van der Waals surface area (Å²) in [6.45, 7) is 2.45. The highest BCUT2D eigenvalue weighted by molar-refractivity contribution is 7.89. The first kappa shape index (κ1) is 15.1. The van der Waals surface area contributed by atoms with Crippen molar-refractivity contribution in [1.29, 1.82) is 0 Å². The minimum absolute atomic E-state index is 0.116. The van der Waals surface area contributed by atoms with E-state index in [9.17, 15) is 8.42 Å². The van der Waals surface area contributed by atoms with Gasteiger partial charge in [0.2, 0.25) is 10.0 Å². The molecule has 20 heavy (non-hydrogen) atoms. The normalized spacial score (nSPS) is 23.2. The maximum Gasteiger partial charge on any atom is 0.246 e. The molecule has 0 spiro atoms. The molecule has 6 nitrogen and oxygen atoms in total. The number of nitrogens with two attached hydrogens (primary N) is 1. The minimum Gasteiger partial charge on any atom is -0.495 e. The number of nitrogens with zero attached hydrogens (tertiary/aromatic N) is 1. The number of rotatable bonds is 4. The van der Waals surface area contributed by atoms with Crippen LogP contribution in [0.25, 0.3) is 0 Å². The van der Waals surface area contributed by atoms with Crippen LogP contribution < -0.4 is 10.5 Å². The molecule has 1 heterocycles. The quantitative estimate of drug-likeness (QED) is 0.841. The Hall–Kier alpha value is -1.31. The predicted octanol–water partition coefficient (Wildman–Crippen LogP) is 1.08. The summed E-state index contributed by atoms with van der Waals surface area (Å²) in [5, 5.41) is 0. The molecule has 0 saturated carbocycles. The number of hydrogen-bond donors (Lipinski definition) is 1. The molecule has 2 N–H and O–H groups in total. The number of sulfonamides is 1. The molecule has 2 unspecified atom stereocenters. The van der Waals surface area contributed by atoms with E-state index in [0.29, 0.717) is 18.7 Å². The second-order valence-electron chi connectivity index (χ2n) is 4.86. The third kappa shape index (κ3) is 2.61. The lowest BCUT2D eigenvalue weighted by Crippen LogP contribution is -2.41. The fourth-order valence-electron chi connectivity index (χ4n) is 2.43. The molecule has 0 aromatic heterocycles. The molecule has 0 amide bonds. The van der Waals surface area contributed by atoms with Crippen molar-refractivity contribution in [2.45, 2.75) is 30.4 Å². The van der Waals surface area contributed by atoms with Crippen molar-refractivity contribution in [3.05, 3.63) is 18.2 Å². The highest BCUT2D eigenvalue weighted by Crippen LogP contribution is 2.31. The van der Waals surface area contributed by atoms with E-state index in [-0.39, 0.29) is 22.8 Å². The van der Waals surface area contributed by atoms with Crippen LogP contribution in [0, 0.1) is 0 Å². The largest absolute Gasteiger partial charge is 0.495 e. The van der Waals surface area contributed by atoms with Crippen LogP contribution in [0.5, 0.6) is 5.75 Å². The van der Waals surface area contributed by atoms with Crippen LogP contribution >= 0.6 is 0 Å². The molecule has 2 rings (SSSR count). The van der Waals surface area contributed by atoms with Gasteiger partial charge in [-0.05, 0) is 25.5 Å². The summed E-state index contributed by atoms with van der Waals surface area (Å²) in [6, 6.07) is 4.37. The number of anilines is 1. The molecule has 0 aliphatic carbocycles. The first-order valence-electron chi connectivity index (χ1n) is 6.41. The van der Waals surface area contributed by atoms with E-state index in [1.807, 2.05) is 6.92 Å². The number of likely N-dealkylation sites (N-methyl/N-ethyl adjacent to an activating group) is 1. The van der Waals surface area contributed by atoms with Crippen LogP contribution in [-0.2, 0) is 14.8 Å². The van der Waals surface area contributed by atoms with E-state index in [4.69, 9.17) is 15.2 Å². The number of nitrogen functional groups attached to an aromatic ring is 1. The lowest BCUT2D eigenvalue weighted by molar-refractivity contribution is 0.102. The zero-order valence-electron chi connectivity index (χ0n) is 11.9. The molecule has 1 aromatic carbocycles. The standard InChI is InChI=1S/C13H20N2O4S/c1-9-11(6-7-19-9)15(2)20(16,17)13-5-4-10(14)8-12(13)18-3/h4-5,8-9,11H,6-7,14H2,1-3H3. The lowest BCUT2D eigenvalue weighted by Gasteiger charge is -2.26. The topological polar surface area (TPSA) is 81.9 Å². The average molecular weight is 300 g/mol. The van der Waals surface area contributed by atoms with E-state index >= 15 is 0 Å². The second-order valence-corrected chi connectivity index (χ2v) is 6.83. The van der Waals surface area contributed by atoms with Gasteiger partial charge in [-0.3, -0.25) is 0 Å². The van der Waals surface area contributed by atoms with Gasteiger partial charge in [0, 0.05) is 25.4 Å². The molecule has 0 radical (unpaired) electrons. The molecule has 1 saturated heterocycles. The molecule has 1 fully saturated rings. The fourth-order valence-corrected chi connectivity index (χ4v) is 4.01. The van der Waals surface area contributed by atoms with Gasteiger partial charge >= 0.3 is 0 Å². The Kier molecular flexibility index (Phi) is 4.22. The van der Waals surface area contributed by atoms with Crippen molar-refractivity contribution in [3.8, 4) is 5.75 Å². The van der Waals surface area contributed by atoms with Crippen molar-refractivity contribution in [2.24, 2.45) is 0 Å². The van der Waals surface area contributed by atoms with E-state index in [2.05, 4.69) is 0 Å². The van der Waals surface area contributed by atoms with Gasteiger partial charge in [0.1, 0.15) is 10.6 Å². The fraction of sp³-hybridized carbons (Fsp3) is 0.538. The lowest BCUT2D eigenvalue weighted by atomic mass is 10.2. The number of hydrogen-bond acceptors (Lipinski definition) is 5. The smallest absolute Gasteiger partial charge is 0.246 e. The molecule has 1 aromatic rings. The van der Waals surface area contributed by atoms with Gasteiger partial charge in [0.05, 0.1) is 19.3 Å². The molecule has 0 bridgehead atoms. The number of benzene rings is 1. The minimum atomic E-state index is -3.64. The molecule has 1 aliphatic rings. The summed E-state index contributed by atoms with van der Waals surface area (Å²) in [6.07, 6.45) is 0.573. The predicted molar refractivity (Wildman–Crippen MR) is 76.2 cm³/mol. The van der Waals surface area contributed by atoms with Gasteiger partial charge < -0.3 is 15.2 Å². The first-order valence-corrected chi connectivity index (χ1v) is 7.85. The van der Waals surface area contributed by atoms with E-state index in [0.717, 1.165) is 0 Å². The van der Waals surface area contributed by atoms with Gasteiger partial charge in [-0.2, -0.15) is 4.31 Å². The molecular formula is C13H20N2O4S. The van der Waals surface area contributed by atoms with Crippen molar-refractivity contribution >= 4 is 15.7 Å². The Labute approximate surface area is 119 Å². The van der Waals surface area contributed by atoms with Gasteiger partial charge in [-0.25, -0.2) is 8.42 Å². The first-order chi connectivity index (χ1) is 9.37. The Morgan fingerprint density at radius 1 is 1.45 bits per heavy atom. The van der Waals surface area contributed by atoms with Crippen LogP contribution in [0.4, 0.5) is 5.69 Å². The number of ether oxygens (including phenoxy) is 2. The Balaban J connectivity index is 2.39. The summed E-state index contributed by atoms with van der Waals surface area (Å²) in [5.41, 5.74) is 6.12. The second kappa shape index (κ2) is 5.59. The average Bonchev–Trinajstić information content (AvgIpc) is 2.83. The maximum absolute atomic E-state index is 12.7. The zero-order valence-corrected chi connectivity index (χ0v) is 12.7. The monoisotopic (exact) mass is 300 g/mol. The van der Waals surface area contributed by atoms with Crippen LogP contribution in [-0.4, -0.2) is 45.6 Å². The van der Waals surface area contributed by atoms with Gasteiger partial charge in [0.15, 0.2) is 0 Å². The molecule has 2 atom stereocenters. The van der Waals surface area contributed by atoms with Crippen molar-refractivity contribution in [1.82, 2.24) is 4.31 Å². The van der Waals surface area contributed by atoms with Gasteiger partial charge in [-0.15, -0.1) is 0 Å². The number of methoxy groups -OCH3 is 1. The summed E-state index contributed by atoms with van der Waals surface area (Å²) in [7, 11) is -0.646. The Morgan fingerprint density at radius 3 is 2.70 bits per heavy atom. The van der Waals surface area contributed by atoms with Crippen molar-refractivity contribution in [3.63, 3.8) is 0 Å². The van der Waals surface area contributed by atoms with Crippen LogP contribution in [0.2, 0.25) is 0 Å². The maximum atomic E-state index is 12.7. The SMILES string of the molecule is COc1cc(N)ccc1S(=O)(=O)N(C)C1CCOC1C. The van der Waals surface area contributed by atoms with E-state index in [1.54, 1.807) is 13.1 Å². The zero-order chi connectivity index (χ0) is 14.9. The van der Waals surface area contributed by atoms with Gasteiger partial charge in [0.25, 0.3) is 0 Å². The van der Waals surface area contributed by atoms with Crippen LogP contribution in [0.1, 0.15) is 13.3 Å². The van der Waals surface area contributed by atoms with Crippen molar-refractivity contribution in [2.75, 3.05) is 26.5 Å². The molecule has 7 heteroatoms. The highest BCUT2D eigenvalue weighted by atomic mass is 32.2. The molecule has 112 valence electrons. The third-order valence-corrected chi connectivity index (χ3v) is 5.57. The Morgan fingerprint density at radius 2 is 2.15 bits per heavy atom. The van der Waals surface area contributed by atoms with E-state index < -0.39 is 10.0 Å². The van der Waals surface area contributed by atoms with Gasteiger partial charge in [-0.1, -0.05) is 0 Å².